The van der Waals surface area contributed by atoms with Crippen LogP contribution in [0.3, 0.4) is 0 Å². The predicted octanol–water partition coefficient (Wildman–Crippen LogP) is 7.57. The molecule has 7 heteroatoms. The van der Waals surface area contributed by atoms with Crippen molar-refractivity contribution in [1.29, 1.82) is 0 Å². The smallest absolute Gasteiger partial charge is 0.0513 e. The van der Waals surface area contributed by atoms with E-state index in [1.54, 1.807) is 64.2 Å². The Bertz CT molecular complexity index is 514. The Hall–Kier alpha value is 0.439. The van der Waals surface area contributed by atoms with Crippen molar-refractivity contribution in [2.45, 2.75) is 151 Å². The van der Waals surface area contributed by atoms with Crippen LogP contribution in [0.15, 0.2) is 0 Å². The third-order valence-corrected chi connectivity index (χ3v) is 15.3. The molecule has 228 valence electrons. The predicted molar refractivity (Wildman–Crippen MR) is 171 cm³/mol. The number of unbranched alkanes of at least 4 members (excludes halogenated alkanes) is 4. The molecule has 39 heavy (non-hydrogen) atoms. The van der Waals surface area contributed by atoms with Gasteiger partial charge < -0.3 is 19.8 Å². The number of rotatable bonds is 18. The third kappa shape index (κ3) is 31.2. The van der Waals surface area contributed by atoms with Crippen LogP contribution < -0.4 is 10.2 Å². The van der Waals surface area contributed by atoms with E-state index in [-0.39, 0.29) is 32.6 Å². The van der Waals surface area contributed by atoms with Gasteiger partial charge in [-0.25, -0.2) is 0 Å². The average molecular weight is 692 g/mol. The van der Waals surface area contributed by atoms with Crippen molar-refractivity contribution in [3.63, 3.8) is 0 Å². The van der Waals surface area contributed by atoms with Gasteiger partial charge >= 0.3 is 93.2 Å². The summed E-state index contributed by atoms with van der Waals surface area (Å²) in [6.45, 7) is 8.91. The van der Waals surface area contributed by atoms with Crippen LogP contribution in [0.2, 0.25) is 7.87 Å². The maximum Gasteiger partial charge on any atom is 0.0513 e. The van der Waals surface area contributed by atoms with Crippen molar-refractivity contribution >= 4 is 56.6 Å². The molecule has 2 fully saturated rings. The molecule has 0 spiro atoms. The molecule has 0 N–H and O–H groups in total. The van der Waals surface area contributed by atoms with E-state index in [9.17, 15) is 19.8 Å². The van der Waals surface area contributed by atoms with Crippen LogP contribution in [0.25, 0.3) is 0 Å². The molecule has 0 atom stereocenters. The van der Waals surface area contributed by atoms with Crippen molar-refractivity contribution in [3.05, 3.63) is 0 Å². The van der Waals surface area contributed by atoms with Gasteiger partial charge in [-0.1, -0.05) is 66.2 Å². The van der Waals surface area contributed by atoms with Crippen LogP contribution >= 0.6 is 23.5 Å². The van der Waals surface area contributed by atoms with Crippen LogP contribution in [-0.4, -0.2) is 56.1 Å². The molecular formula is C32H60O4S2Sn. The van der Waals surface area contributed by atoms with Crippen molar-refractivity contribution in [3.8, 4) is 0 Å². The molecule has 0 aromatic rings. The normalized spacial score (nSPS) is 16.2. The second-order valence-electron chi connectivity index (χ2n) is 12.2. The topological polar surface area (TPSA) is 80.3 Å². The first-order valence-electron chi connectivity index (χ1n) is 16.0. The van der Waals surface area contributed by atoms with Crippen molar-refractivity contribution in [1.82, 2.24) is 0 Å². The van der Waals surface area contributed by atoms with Gasteiger partial charge in [0, 0.05) is 11.5 Å². The Morgan fingerprint density at radius 1 is 0.615 bits per heavy atom. The zero-order valence-corrected chi connectivity index (χ0v) is 30.3. The molecule has 2 saturated carbocycles. The van der Waals surface area contributed by atoms with Gasteiger partial charge in [-0.15, -0.1) is 0 Å². The minimum atomic E-state index is -0.952. The Morgan fingerprint density at radius 2 is 0.974 bits per heavy atom. The monoisotopic (exact) mass is 692 g/mol. The van der Waals surface area contributed by atoms with E-state index in [1.807, 2.05) is 0 Å². The number of hydrogen-bond donors (Lipinski definition) is 0. The van der Waals surface area contributed by atoms with Crippen molar-refractivity contribution < 1.29 is 19.8 Å². The minimum Gasteiger partial charge on any atom is -0.549 e. The summed E-state index contributed by atoms with van der Waals surface area (Å²) in [6, 6.07) is 0. The van der Waals surface area contributed by atoms with E-state index in [1.165, 1.54) is 69.9 Å². The van der Waals surface area contributed by atoms with Crippen LogP contribution in [0.5, 0.6) is 0 Å². The molecule has 2 rings (SSSR count). The fourth-order valence-corrected chi connectivity index (χ4v) is 12.6. The van der Waals surface area contributed by atoms with Crippen LogP contribution in [0.1, 0.15) is 143 Å². The van der Waals surface area contributed by atoms with Crippen molar-refractivity contribution in [2.75, 3.05) is 23.0 Å². The maximum atomic E-state index is 10.0. The molecule has 0 unspecified atom stereocenters. The number of carboxylic acids is 2. The Kier molecular flexibility index (Phi) is 28.9. The van der Waals surface area contributed by atoms with Crippen molar-refractivity contribution in [2.24, 2.45) is 11.8 Å². The molecule has 2 aliphatic carbocycles. The molecule has 2 aliphatic rings. The first-order chi connectivity index (χ1) is 18.7. The summed E-state index contributed by atoms with van der Waals surface area (Å²) in [5.74, 6) is 1.86. The van der Waals surface area contributed by atoms with Gasteiger partial charge in [0.15, 0.2) is 0 Å². The van der Waals surface area contributed by atoms with Crippen LogP contribution in [-0.2, 0) is 9.59 Å². The second kappa shape index (κ2) is 28.6. The fraction of sp³-hybridized carbons (Fsp3) is 0.938. The average Bonchev–Trinajstić information content (AvgIpc) is 2.89. The van der Waals surface area contributed by atoms with Gasteiger partial charge in [0.2, 0.25) is 0 Å². The molecule has 0 aromatic heterocycles. The summed E-state index contributed by atoms with van der Waals surface area (Å²) in [6.07, 6.45) is 25.7. The Labute approximate surface area is 261 Å². The van der Waals surface area contributed by atoms with Gasteiger partial charge in [-0.3, -0.25) is 0 Å². The van der Waals surface area contributed by atoms with E-state index in [0.717, 1.165) is 36.2 Å². The number of carbonyl (C=O) groups excluding carboxylic acids is 2. The fourth-order valence-electron chi connectivity index (χ4n) is 5.05. The number of hydrogen-bond acceptors (Lipinski definition) is 6. The standard InChI is InChI=1S/2C10H20O2S.2C6H11.Sn/c2*1-9(2)6-4-3-5-7-13-8-10(11)12;2*1-2-4-6-5-3-1;/h2*9H,3-8H2,1-2H3,(H,11,12);2*1H,2-6H2;/q;;;;+2/p-2. The van der Waals surface area contributed by atoms with Gasteiger partial charge in [-0.05, 0) is 36.2 Å². The van der Waals surface area contributed by atoms with E-state index in [4.69, 9.17) is 0 Å². The Morgan fingerprint density at radius 3 is 1.28 bits per heavy atom. The molecule has 0 aromatic carbocycles. The van der Waals surface area contributed by atoms with E-state index in [2.05, 4.69) is 27.7 Å². The summed E-state index contributed by atoms with van der Waals surface area (Å²) >= 11 is 2.95. The summed E-state index contributed by atoms with van der Waals surface area (Å²) in [5.41, 5.74) is 0. The zero-order valence-electron chi connectivity index (χ0n) is 25.8. The van der Waals surface area contributed by atoms with Crippen LogP contribution in [0.4, 0.5) is 0 Å². The summed E-state index contributed by atoms with van der Waals surface area (Å²) in [5, 5.41) is 20.1. The number of aliphatic carboxylic acids is 2. The van der Waals surface area contributed by atoms with Gasteiger partial charge in [0.25, 0.3) is 0 Å². The first kappa shape index (κ1) is 39.4. The van der Waals surface area contributed by atoms with Gasteiger partial charge in [0.1, 0.15) is 0 Å². The summed E-state index contributed by atoms with van der Waals surface area (Å²) in [4.78, 5) is 20.1. The van der Waals surface area contributed by atoms with E-state index >= 15 is 0 Å². The summed E-state index contributed by atoms with van der Waals surface area (Å²) < 4.78 is 2.58. The van der Waals surface area contributed by atoms with Gasteiger partial charge in [0.05, 0.1) is 11.9 Å². The summed E-state index contributed by atoms with van der Waals surface area (Å²) in [7, 11) is 0. The zero-order chi connectivity index (χ0) is 29.1. The van der Waals surface area contributed by atoms with E-state index in [0.29, 0.717) is 0 Å². The molecule has 0 bridgehead atoms. The van der Waals surface area contributed by atoms with Crippen LogP contribution in [0, 0.1) is 11.8 Å². The molecular weight excluding hydrogens is 631 g/mol. The first-order valence-corrected chi connectivity index (χ1v) is 21.6. The van der Waals surface area contributed by atoms with E-state index < -0.39 is 11.9 Å². The molecule has 0 saturated heterocycles. The SMILES string of the molecule is C1CC[CH]([Sn+2][CH]2CCCCC2)CC1.CC(C)CCCCCSCC(=O)[O-].CC(C)CCCCCSCC(=O)[O-]. The van der Waals surface area contributed by atoms with Gasteiger partial charge in [-0.2, -0.15) is 23.5 Å². The molecule has 0 aliphatic heterocycles. The maximum absolute atomic E-state index is 10.0. The number of thioether (sulfide) groups is 2. The second-order valence-corrected chi connectivity index (χ2v) is 20.0. The molecule has 0 amide bonds. The molecule has 4 nitrogen and oxygen atoms in total. The molecule has 0 heterocycles. The number of carbonyl (C=O) groups is 2. The molecule has 0 radical (unpaired) electrons. The Balaban J connectivity index is 0.000000555. The number of carboxylic acid groups (broad SMARTS) is 2. The third-order valence-electron chi connectivity index (χ3n) is 7.26. The quantitative estimate of drug-likeness (QED) is 0.109. The minimum absolute atomic E-state index is 0.0367. The largest absolute Gasteiger partial charge is 0.549 e.